The van der Waals surface area contributed by atoms with Crippen molar-refractivity contribution in [1.82, 2.24) is 9.80 Å². The topological polar surface area (TPSA) is 59.1 Å². The van der Waals surface area contributed by atoms with Crippen LogP contribution in [0.2, 0.25) is 0 Å². The average molecular weight is 389 g/mol. The van der Waals surface area contributed by atoms with Crippen LogP contribution in [0.15, 0.2) is 18.2 Å². The van der Waals surface area contributed by atoms with E-state index in [-0.39, 0.29) is 11.8 Å². The lowest BCUT2D eigenvalue weighted by Crippen LogP contribution is -2.40. The van der Waals surface area contributed by atoms with Gasteiger partial charge >= 0.3 is 0 Å². The summed E-state index contributed by atoms with van der Waals surface area (Å²) in [5.74, 6) is 1.88. The second-order valence-electron chi connectivity index (χ2n) is 7.76. The van der Waals surface area contributed by atoms with Crippen LogP contribution in [0.25, 0.3) is 0 Å². The molecule has 1 aromatic rings. The molecule has 2 aliphatic rings. The molecular formula is C22H32N2O4. The molecule has 0 atom stereocenters. The molecule has 154 valence electrons. The molecule has 28 heavy (non-hydrogen) atoms. The van der Waals surface area contributed by atoms with Crippen molar-refractivity contribution in [1.29, 1.82) is 0 Å². The lowest BCUT2D eigenvalue weighted by Gasteiger charge is -2.28. The monoisotopic (exact) mass is 388 g/mol. The summed E-state index contributed by atoms with van der Waals surface area (Å²) in [4.78, 5) is 29.5. The Morgan fingerprint density at radius 1 is 0.893 bits per heavy atom. The minimum absolute atomic E-state index is 0.0965. The van der Waals surface area contributed by atoms with Crippen molar-refractivity contribution >= 4 is 11.8 Å². The quantitative estimate of drug-likeness (QED) is 0.778. The Hall–Kier alpha value is -2.24. The fourth-order valence-corrected chi connectivity index (χ4v) is 4.27. The standard InChI is InChI=1S/C22H32N2O4/c1-27-19-10-9-17(15-20(19)28-2)16-21(25)23-11-6-12-24(14-13-23)22(26)18-7-4-3-5-8-18/h9-10,15,18H,3-8,11-14,16H2,1-2H3. The number of hydrogen-bond acceptors (Lipinski definition) is 4. The molecule has 1 saturated carbocycles. The molecule has 1 aliphatic carbocycles. The first-order chi connectivity index (χ1) is 13.6. The van der Waals surface area contributed by atoms with Gasteiger partial charge in [-0.2, -0.15) is 0 Å². The first-order valence-electron chi connectivity index (χ1n) is 10.4. The largest absolute Gasteiger partial charge is 0.493 e. The second kappa shape index (κ2) is 9.80. The maximum Gasteiger partial charge on any atom is 0.227 e. The Labute approximate surface area is 167 Å². The number of carbonyl (C=O) groups is 2. The second-order valence-corrected chi connectivity index (χ2v) is 7.76. The molecule has 6 nitrogen and oxygen atoms in total. The Kier molecular flexibility index (Phi) is 7.18. The van der Waals surface area contributed by atoms with Crippen LogP contribution in [0.4, 0.5) is 0 Å². The van der Waals surface area contributed by atoms with Crippen LogP contribution in [0, 0.1) is 5.92 Å². The van der Waals surface area contributed by atoms with Crippen molar-refractivity contribution in [3.8, 4) is 11.5 Å². The van der Waals surface area contributed by atoms with Crippen molar-refractivity contribution < 1.29 is 19.1 Å². The molecule has 1 heterocycles. The van der Waals surface area contributed by atoms with Crippen molar-refractivity contribution in [3.63, 3.8) is 0 Å². The fourth-order valence-electron chi connectivity index (χ4n) is 4.27. The Bertz CT molecular complexity index is 685. The van der Waals surface area contributed by atoms with Gasteiger partial charge in [-0.25, -0.2) is 0 Å². The molecule has 3 rings (SSSR count). The van der Waals surface area contributed by atoms with E-state index in [9.17, 15) is 9.59 Å². The summed E-state index contributed by atoms with van der Waals surface area (Å²) in [5, 5.41) is 0. The lowest BCUT2D eigenvalue weighted by molar-refractivity contribution is -0.137. The van der Waals surface area contributed by atoms with E-state index in [0.717, 1.165) is 31.4 Å². The van der Waals surface area contributed by atoms with Gasteiger partial charge in [-0.1, -0.05) is 25.3 Å². The van der Waals surface area contributed by atoms with E-state index < -0.39 is 0 Å². The SMILES string of the molecule is COc1ccc(CC(=O)N2CCCN(C(=O)C3CCCCC3)CC2)cc1OC. The first kappa shape index (κ1) is 20.5. The summed E-state index contributed by atoms with van der Waals surface area (Å²) < 4.78 is 10.6. The van der Waals surface area contributed by atoms with E-state index in [1.165, 1.54) is 19.3 Å². The van der Waals surface area contributed by atoms with Crippen LogP contribution in [0.3, 0.4) is 0 Å². The first-order valence-corrected chi connectivity index (χ1v) is 10.4. The predicted octanol–water partition coefficient (Wildman–Crippen LogP) is 2.89. The molecule has 0 N–H and O–H groups in total. The zero-order chi connectivity index (χ0) is 19.9. The van der Waals surface area contributed by atoms with Crippen LogP contribution in [0.5, 0.6) is 11.5 Å². The normalized spacial score (nSPS) is 18.5. The van der Waals surface area contributed by atoms with Crippen molar-refractivity contribution in [3.05, 3.63) is 23.8 Å². The molecule has 6 heteroatoms. The molecule has 0 unspecified atom stereocenters. The molecular weight excluding hydrogens is 356 g/mol. The fraction of sp³-hybridized carbons (Fsp3) is 0.636. The minimum Gasteiger partial charge on any atom is -0.493 e. The Morgan fingerprint density at radius 3 is 2.29 bits per heavy atom. The highest BCUT2D eigenvalue weighted by Gasteiger charge is 2.28. The number of amides is 2. The van der Waals surface area contributed by atoms with E-state index >= 15 is 0 Å². The van der Waals surface area contributed by atoms with Gasteiger partial charge in [0, 0.05) is 32.1 Å². The van der Waals surface area contributed by atoms with E-state index in [4.69, 9.17) is 9.47 Å². The van der Waals surface area contributed by atoms with Crippen LogP contribution < -0.4 is 9.47 Å². The van der Waals surface area contributed by atoms with Gasteiger partial charge in [0.1, 0.15) is 0 Å². The van der Waals surface area contributed by atoms with E-state index in [1.807, 2.05) is 28.0 Å². The summed E-state index contributed by atoms with van der Waals surface area (Å²) in [5.41, 5.74) is 0.905. The zero-order valence-electron chi connectivity index (χ0n) is 17.1. The molecule has 1 aliphatic heterocycles. The van der Waals surface area contributed by atoms with E-state index in [2.05, 4.69) is 0 Å². The van der Waals surface area contributed by atoms with Crippen molar-refractivity contribution in [2.45, 2.75) is 44.9 Å². The number of nitrogens with zero attached hydrogens (tertiary/aromatic N) is 2. The highest BCUT2D eigenvalue weighted by atomic mass is 16.5. The van der Waals surface area contributed by atoms with Gasteiger partial charge in [-0.05, 0) is 37.0 Å². The average Bonchev–Trinajstić information content (AvgIpc) is 3.00. The summed E-state index contributed by atoms with van der Waals surface area (Å²) in [6, 6.07) is 5.58. The maximum absolute atomic E-state index is 12.8. The van der Waals surface area contributed by atoms with Crippen LogP contribution >= 0.6 is 0 Å². The molecule has 0 radical (unpaired) electrons. The van der Waals surface area contributed by atoms with Crippen molar-refractivity contribution in [2.24, 2.45) is 5.92 Å². The highest BCUT2D eigenvalue weighted by molar-refractivity contribution is 5.80. The molecule has 0 bridgehead atoms. The third-order valence-corrected chi connectivity index (χ3v) is 5.92. The summed E-state index contributed by atoms with van der Waals surface area (Å²) >= 11 is 0. The Balaban J connectivity index is 1.56. The summed E-state index contributed by atoms with van der Waals surface area (Å²) in [6.45, 7) is 2.73. The molecule has 0 spiro atoms. The number of carbonyl (C=O) groups excluding carboxylic acids is 2. The van der Waals surface area contributed by atoms with Gasteiger partial charge in [-0.3, -0.25) is 9.59 Å². The lowest BCUT2D eigenvalue weighted by atomic mass is 9.88. The zero-order valence-corrected chi connectivity index (χ0v) is 17.1. The van der Waals surface area contributed by atoms with Crippen LogP contribution in [-0.4, -0.2) is 62.0 Å². The molecule has 2 fully saturated rings. The number of ether oxygens (including phenoxy) is 2. The third kappa shape index (κ3) is 4.97. The molecule has 2 amide bonds. The van der Waals surface area contributed by atoms with Gasteiger partial charge in [0.25, 0.3) is 0 Å². The van der Waals surface area contributed by atoms with Crippen LogP contribution in [0.1, 0.15) is 44.1 Å². The smallest absolute Gasteiger partial charge is 0.227 e. The predicted molar refractivity (Wildman–Crippen MR) is 108 cm³/mol. The summed E-state index contributed by atoms with van der Waals surface area (Å²) in [6.07, 6.45) is 6.81. The minimum atomic E-state index is 0.0965. The van der Waals surface area contributed by atoms with Gasteiger partial charge < -0.3 is 19.3 Å². The number of rotatable bonds is 5. The highest BCUT2D eigenvalue weighted by Crippen LogP contribution is 2.28. The molecule has 0 aromatic heterocycles. The van der Waals surface area contributed by atoms with Gasteiger partial charge in [0.05, 0.1) is 20.6 Å². The van der Waals surface area contributed by atoms with Gasteiger partial charge in [0.15, 0.2) is 11.5 Å². The maximum atomic E-state index is 12.8. The van der Waals surface area contributed by atoms with Crippen molar-refractivity contribution in [2.75, 3.05) is 40.4 Å². The number of methoxy groups -OCH3 is 2. The third-order valence-electron chi connectivity index (χ3n) is 5.92. The molecule has 1 aromatic carbocycles. The van der Waals surface area contributed by atoms with Gasteiger partial charge in [0.2, 0.25) is 11.8 Å². The van der Waals surface area contributed by atoms with E-state index in [1.54, 1.807) is 14.2 Å². The van der Waals surface area contributed by atoms with Crippen LogP contribution in [-0.2, 0) is 16.0 Å². The van der Waals surface area contributed by atoms with Gasteiger partial charge in [-0.15, -0.1) is 0 Å². The Morgan fingerprint density at radius 2 is 1.57 bits per heavy atom. The summed E-state index contributed by atoms with van der Waals surface area (Å²) in [7, 11) is 3.19. The number of benzene rings is 1. The van der Waals surface area contributed by atoms with E-state index in [0.29, 0.717) is 43.5 Å². The number of hydrogen-bond donors (Lipinski definition) is 0. The molecule has 1 saturated heterocycles.